The lowest BCUT2D eigenvalue weighted by Crippen LogP contribution is -2.22. The fraction of sp³-hybridized carbons (Fsp3) is 0.538. The molecule has 1 heterocycles. The third-order valence-electron chi connectivity index (χ3n) is 3.91. The highest BCUT2D eigenvalue weighted by Gasteiger charge is 2.36. The first-order valence-electron chi connectivity index (χ1n) is 6.15. The summed E-state index contributed by atoms with van der Waals surface area (Å²) in [6, 6.07) is 1.67. The predicted octanol–water partition coefficient (Wildman–Crippen LogP) is 2.49. The molecule has 0 saturated heterocycles. The van der Waals surface area contributed by atoms with E-state index in [2.05, 4.69) is 10.5 Å². The number of amides is 1. The largest absolute Gasteiger partial charge is 0.469 e. The summed E-state index contributed by atoms with van der Waals surface area (Å²) < 4.78 is 5.10. The number of aryl methyl sites for hydroxylation is 1. The number of carbonyl (C=O) groups excluding carboxylic acids is 1. The SMILES string of the molecule is Cc1occc1C(=O)NN=C1CC2CCC1C2. The van der Waals surface area contributed by atoms with Crippen molar-refractivity contribution >= 4 is 11.6 Å². The molecule has 4 nitrogen and oxygen atoms in total. The maximum atomic E-state index is 11.8. The van der Waals surface area contributed by atoms with Gasteiger partial charge >= 0.3 is 0 Å². The van der Waals surface area contributed by atoms with Gasteiger partial charge in [-0.05, 0) is 50.5 Å². The van der Waals surface area contributed by atoms with Crippen molar-refractivity contribution in [1.29, 1.82) is 0 Å². The molecule has 1 aromatic heterocycles. The van der Waals surface area contributed by atoms with Gasteiger partial charge in [0.25, 0.3) is 5.91 Å². The van der Waals surface area contributed by atoms with E-state index in [1.54, 1.807) is 13.0 Å². The van der Waals surface area contributed by atoms with E-state index in [1.165, 1.54) is 31.2 Å². The van der Waals surface area contributed by atoms with Crippen LogP contribution in [0.4, 0.5) is 0 Å². The van der Waals surface area contributed by atoms with Gasteiger partial charge in [0.15, 0.2) is 0 Å². The van der Waals surface area contributed by atoms with Crippen LogP contribution >= 0.6 is 0 Å². The lowest BCUT2D eigenvalue weighted by Gasteiger charge is -2.11. The zero-order chi connectivity index (χ0) is 11.8. The Morgan fingerprint density at radius 1 is 1.53 bits per heavy atom. The van der Waals surface area contributed by atoms with E-state index >= 15 is 0 Å². The third-order valence-corrected chi connectivity index (χ3v) is 3.91. The van der Waals surface area contributed by atoms with Crippen LogP contribution in [0, 0.1) is 18.8 Å². The second kappa shape index (κ2) is 4.02. The summed E-state index contributed by atoms with van der Waals surface area (Å²) >= 11 is 0. The van der Waals surface area contributed by atoms with Crippen LogP contribution in [0.5, 0.6) is 0 Å². The van der Waals surface area contributed by atoms with Crippen LogP contribution in [0.25, 0.3) is 0 Å². The highest BCUT2D eigenvalue weighted by atomic mass is 16.3. The van der Waals surface area contributed by atoms with E-state index < -0.39 is 0 Å². The van der Waals surface area contributed by atoms with Gasteiger partial charge in [-0.25, -0.2) is 5.43 Å². The van der Waals surface area contributed by atoms with E-state index in [0.717, 1.165) is 12.3 Å². The van der Waals surface area contributed by atoms with Crippen LogP contribution in [0.3, 0.4) is 0 Å². The number of nitrogens with zero attached hydrogens (tertiary/aromatic N) is 1. The molecule has 3 rings (SSSR count). The van der Waals surface area contributed by atoms with Crippen molar-refractivity contribution in [2.75, 3.05) is 0 Å². The molecule has 0 aliphatic heterocycles. The minimum absolute atomic E-state index is 0.175. The summed E-state index contributed by atoms with van der Waals surface area (Å²) in [4.78, 5) is 11.8. The number of furan rings is 1. The fourth-order valence-corrected chi connectivity index (χ4v) is 2.97. The smallest absolute Gasteiger partial charge is 0.274 e. The number of nitrogens with one attached hydrogen (secondary N) is 1. The van der Waals surface area contributed by atoms with Crippen molar-refractivity contribution in [2.45, 2.75) is 32.6 Å². The number of fused-ring (bicyclic) bond motifs is 2. The summed E-state index contributed by atoms with van der Waals surface area (Å²) in [5, 5.41) is 4.28. The Bertz CT molecular complexity index is 476. The highest BCUT2D eigenvalue weighted by molar-refractivity contribution is 5.97. The molecule has 2 aliphatic rings. The summed E-state index contributed by atoms with van der Waals surface area (Å²) in [6.45, 7) is 1.78. The molecule has 1 amide bonds. The van der Waals surface area contributed by atoms with Crippen LogP contribution in [0.15, 0.2) is 21.8 Å². The Labute approximate surface area is 100 Å². The van der Waals surface area contributed by atoms with Gasteiger partial charge < -0.3 is 4.42 Å². The van der Waals surface area contributed by atoms with Gasteiger partial charge in [-0.15, -0.1) is 0 Å². The van der Waals surface area contributed by atoms with Gasteiger partial charge in [-0.3, -0.25) is 4.79 Å². The van der Waals surface area contributed by atoms with E-state index in [-0.39, 0.29) is 5.91 Å². The van der Waals surface area contributed by atoms with Gasteiger partial charge in [0.2, 0.25) is 0 Å². The van der Waals surface area contributed by atoms with E-state index in [9.17, 15) is 4.79 Å². The van der Waals surface area contributed by atoms with Crippen molar-refractivity contribution in [3.05, 3.63) is 23.7 Å². The third kappa shape index (κ3) is 1.88. The van der Waals surface area contributed by atoms with Gasteiger partial charge in [0, 0.05) is 5.71 Å². The Kier molecular flexibility index (Phi) is 2.50. The Balaban J connectivity index is 1.67. The standard InChI is InChI=1S/C13H16N2O2/c1-8-11(4-5-17-8)13(16)15-14-12-7-9-2-3-10(12)6-9/h4-5,9-10H,2-3,6-7H2,1H3,(H,15,16). The molecule has 90 valence electrons. The zero-order valence-corrected chi connectivity index (χ0v) is 9.90. The molecule has 1 N–H and O–H groups in total. The van der Waals surface area contributed by atoms with Gasteiger partial charge in [0.05, 0.1) is 11.8 Å². The molecule has 1 aromatic rings. The molecule has 0 radical (unpaired) electrons. The molecular formula is C13H16N2O2. The van der Waals surface area contributed by atoms with Crippen LogP contribution in [-0.2, 0) is 0 Å². The maximum Gasteiger partial charge on any atom is 0.274 e. The molecule has 2 bridgehead atoms. The zero-order valence-electron chi connectivity index (χ0n) is 9.90. The summed E-state index contributed by atoms with van der Waals surface area (Å²) in [7, 11) is 0. The van der Waals surface area contributed by atoms with Crippen molar-refractivity contribution in [3.8, 4) is 0 Å². The monoisotopic (exact) mass is 232 g/mol. The summed E-state index contributed by atoms with van der Waals surface area (Å²) in [6.07, 6.45) is 6.42. The van der Waals surface area contributed by atoms with Crippen LogP contribution in [0.2, 0.25) is 0 Å². The number of rotatable bonds is 2. The molecular weight excluding hydrogens is 216 g/mol. The minimum Gasteiger partial charge on any atom is -0.469 e. The molecule has 4 heteroatoms. The lowest BCUT2D eigenvalue weighted by atomic mass is 9.99. The first-order valence-corrected chi connectivity index (χ1v) is 6.15. The molecule has 2 atom stereocenters. The van der Waals surface area contributed by atoms with Gasteiger partial charge in [-0.2, -0.15) is 5.10 Å². The summed E-state index contributed by atoms with van der Waals surface area (Å²) in [5.41, 5.74) is 4.39. The molecule has 0 aromatic carbocycles. The maximum absolute atomic E-state index is 11.8. The second-order valence-electron chi connectivity index (χ2n) is 5.01. The fourth-order valence-electron chi connectivity index (χ4n) is 2.97. The van der Waals surface area contributed by atoms with Crippen molar-refractivity contribution in [3.63, 3.8) is 0 Å². The van der Waals surface area contributed by atoms with Gasteiger partial charge in [-0.1, -0.05) is 0 Å². The van der Waals surface area contributed by atoms with Crippen molar-refractivity contribution in [2.24, 2.45) is 16.9 Å². The van der Waals surface area contributed by atoms with E-state index in [0.29, 0.717) is 17.2 Å². The van der Waals surface area contributed by atoms with Crippen molar-refractivity contribution in [1.82, 2.24) is 5.43 Å². The average Bonchev–Trinajstić information content (AvgIpc) is 3.01. The average molecular weight is 232 g/mol. The molecule has 17 heavy (non-hydrogen) atoms. The first-order chi connectivity index (χ1) is 8.24. The molecule has 2 aliphatic carbocycles. The Morgan fingerprint density at radius 2 is 2.41 bits per heavy atom. The molecule has 0 spiro atoms. The Morgan fingerprint density at radius 3 is 3.00 bits per heavy atom. The number of hydrogen-bond acceptors (Lipinski definition) is 3. The lowest BCUT2D eigenvalue weighted by molar-refractivity contribution is 0.0953. The van der Waals surface area contributed by atoms with Gasteiger partial charge in [0.1, 0.15) is 5.76 Å². The quantitative estimate of drug-likeness (QED) is 0.796. The van der Waals surface area contributed by atoms with Crippen LogP contribution in [-0.4, -0.2) is 11.6 Å². The second-order valence-corrected chi connectivity index (χ2v) is 5.01. The normalized spacial score (nSPS) is 28.9. The Hall–Kier alpha value is -1.58. The van der Waals surface area contributed by atoms with E-state index in [4.69, 9.17) is 4.42 Å². The minimum atomic E-state index is -0.175. The molecule has 2 fully saturated rings. The topological polar surface area (TPSA) is 54.6 Å². The number of hydrogen-bond donors (Lipinski definition) is 1. The number of hydrazone groups is 1. The van der Waals surface area contributed by atoms with E-state index in [1.807, 2.05) is 0 Å². The highest BCUT2D eigenvalue weighted by Crippen LogP contribution is 2.42. The van der Waals surface area contributed by atoms with Crippen LogP contribution < -0.4 is 5.43 Å². The van der Waals surface area contributed by atoms with Crippen molar-refractivity contribution < 1.29 is 9.21 Å². The summed E-state index contributed by atoms with van der Waals surface area (Å²) in [5.74, 6) is 1.89. The van der Waals surface area contributed by atoms with Crippen LogP contribution in [0.1, 0.15) is 41.8 Å². The molecule has 2 saturated carbocycles. The first kappa shape index (κ1) is 10.6. The molecule has 2 unspecified atom stereocenters. The predicted molar refractivity (Wildman–Crippen MR) is 63.8 cm³/mol. The number of carbonyl (C=O) groups is 1.